The van der Waals surface area contributed by atoms with Gasteiger partial charge in [0.1, 0.15) is 10.9 Å². The van der Waals surface area contributed by atoms with Crippen molar-refractivity contribution in [2.24, 2.45) is 0 Å². The van der Waals surface area contributed by atoms with Crippen LogP contribution < -0.4 is 15.0 Å². The molecule has 0 saturated carbocycles. The number of hydrogen-bond acceptors (Lipinski definition) is 6. The van der Waals surface area contributed by atoms with Gasteiger partial charge in [0.05, 0.1) is 23.9 Å². The molecule has 0 aliphatic heterocycles. The lowest BCUT2D eigenvalue weighted by Crippen LogP contribution is -2.18. The van der Waals surface area contributed by atoms with Gasteiger partial charge in [0.25, 0.3) is 0 Å². The van der Waals surface area contributed by atoms with Gasteiger partial charge in [0, 0.05) is 37.9 Å². The van der Waals surface area contributed by atoms with Crippen molar-refractivity contribution in [3.63, 3.8) is 0 Å². The molecule has 0 fully saturated rings. The number of anilines is 1. The van der Waals surface area contributed by atoms with Gasteiger partial charge < -0.3 is 15.0 Å². The zero-order valence-electron chi connectivity index (χ0n) is 16.2. The van der Waals surface area contributed by atoms with Gasteiger partial charge in [-0.05, 0) is 38.1 Å². The van der Waals surface area contributed by atoms with Gasteiger partial charge in [-0.3, -0.25) is 0 Å². The predicted molar refractivity (Wildman–Crippen MR) is 112 cm³/mol. The van der Waals surface area contributed by atoms with Gasteiger partial charge >= 0.3 is 0 Å². The van der Waals surface area contributed by atoms with Crippen molar-refractivity contribution < 1.29 is 4.74 Å². The molecule has 2 aromatic heterocycles. The average Bonchev–Trinajstić information content (AvgIpc) is 3.23. The van der Waals surface area contributed by atoms with Crippen molar-refractivity contribution in [2.75, 3.05) is 26.1 Å². The molecular formula is C19H24ClN5OS. The summed E-state index contributed by atoms with van der Waals surface area (Å²) in [7, 11) is 5.59. The molecule has 3 rings (SSSR count). The van der Waals surface area contributed by atoms with Gasteiger partial charge in [-0.15, -0.1) is 0 Å². The maximum Gasteiger partial charge on any atom is 0.186 e. The predicted octanol–water partition coefficient (Wildman–Crippen LogP) is 4.22. The molecule has 3 aromatic rings. The van der Waals surface area contributed by atoms with E-state index in [1.165, 1.54) is 0 Å². The highest BCUT2D eigenvalue weighted by Gasteiger charge is 2.16. The maximum atomic E-state index is 6.26. The fourth-order valence-corrected chi connectivity index (χ4v) is 3.95. The second-order valence-corrected chi connectivity index (χ2v) is 7.92. The van der Waals surface area contributed by atoms with E-state index in [9.17, 15) is 0 Å². The Morgan fingerprint density at radius 2 is 2.00 bits per heavy atom. The van der Waals surface area contributed by atoms with E-state index in [0.29, 0.717) is 11.7 Å². The first-order valence-electron chi connectivity index (χ1n) is 8.65. The van der Waals surface area contributed by atoms with Crippen LogP contribution in [-0.2, 0) is 6.54 Å². The number of aromatic nitrogens is 3. The normalized spacial score (nSPS) is 12.2. The van der Waals surface area contributed by atoms with Crippen LogP contribution >= 0.6 is 22.9 Å². The van der Waals surface area contributed by atoms with E-state index in [-0.39, 0.29) is 6.04 Å². The molecule has 0 unspecified atom stereocenters. The molecule has 27 heavy (non-hydrogen) atoms. The minimum atomic E-state index is 0.137. The van der Waals surface area contributed by atoms with E-state index in [2.05, 4.69) is 29.2 Å². The SMILES string of the molecule is COc1ccc(-n2ncc([C@@H](C)NCc3sc(N(C)C)nc3Cl)c2C)cc1. The van der Waals surface area contributed by atoms with E-state index < -0.39 is 0 Å². The Hall–Kier alpha value is -2.09. The van der Waals surface area contributed by atoms with E-state index in [1.54, 1.807) is 18.4 Å². The number of nitrogens with one attached hydrogen (secondary N) is 1. The molecule has 1 atom stereocenters. The Morgan fingerprint density at radius 1 is 1.30 bits per heavy atom. The Balaban J connectivity index is 1.72. The van der Waals surface area contributed by atoms with E-state index in [4.69, 9.17) is 16.3 Å². The van der Waals surface area contributed by atoms with Crippen LogP contribution in [-0.4, -0.2) is 36.0 Å². The zero-order chi connectivity index (χ0) is 19.6. The minimum Gasteiger partial charge on any atom is -0.497 e. The highest BCUT2D eigenvalue weighted by atomic mass is 35.5. The zero-order valence-corrected chi connectivity index (χ0v) is 17.7. The van der Waals surface area contributed by atoms with Crippen LogP contribution in [0.5, 0.6) is 5.75 Å². The number of methoxy groups -OCH3 is 1. The van der Waals surface area contributed by atoms with E-state index in [1.807, 2.05) is 54.1 Å². The highest BCUT2D eigenvalue weighted by molar-refractivity contribution is 7.16. The van der Waals surface area contributed by atoms with E-state index >= 15 is 0 Å². The summed E-state index contributed by atoms with van der Waals surface area (Å²) < 4.78 is 7.16. The minimum absolute atomic E-state index is 0.137. The molecule has 0 aliphatic rings. The summed E-state index contributed by atoms with van der Waals surface area (Å²) in [5.41, 5.74) is 3.26. The number of hydrogen-bond donors (Lipinski definition) is 1. The molecule has 0 amide bonds. The van der Waals surface area contributed by atoms with Crippen LogP contribution in [0, 0.1) is 6.92 Å². The largest absolute Gasteiger partial charge is 0.497 e. The van der Waals surface area contributed by atoms with Gasteiger partial charge in [-0.25, -0.2) is 9.67 Å². The quantitative estimate of drug-likeness (QED) is 0.637. The summed E-state index contributed by atoms with van der Waals surface area (Å²) in [4.78, 5) is 7.38. The molecule has 8 heteroatoms. The molecule has 0 bridgehead atoms. The van der Waals surface area contributed by atoms with Crippen molar-refractivity contribution in [1.29, 1.82) is 0 Å². The van der Waals surface area contributed by atoms with Gasteiger partial charge in [-0.2, -0.15) is 5.10 Å². The molecular weight excluding hydrogens is 382 g/mol. The lowest BCUT2D eigenvalue weighted by molar-refractivity contribution is 0.414. The fourth-order valence-electron chi connectivity index (χ4n) is 2.81. The van der Waals surface area contributed by atoms with Crippen LogP contribution in [0.3, 0.4) is 0 Å². The number of rotatable bonds is 7. The van der Waals surface area contributed by atoms with Crippen molar-refractivity contribution in [2.45, 2.75) is 26.4 Å². The topological polar surface area (TPSA) is 55.2 Å². The fraction of sp³-hybridized carbons (Fsp3) is 0.368. The Morgan fingerprint density at radius 3 is 2.59 bits per heavy atom. The highest BCUT2D eigenvalue weighted by Crippen LogP contribution is 2.29. The van der Waals surface area contributed by atoms with Crippen molar-refractivity contribution in [1.82, 2.24) is 20.1 Å². The third kappa shape index (κ3) is 4.26. The second kappa shape index (κ2) is 8.29. The molecule has 0 aliphatic carbocycles. The number of thiazole rings is 1. The molecule has 1 N–H and O–H groups in total. The van der Waals surface area contributed by atoms with Crippen LogP contribution in [0.25, 0.3) is 5.69 Å². The monoisotopic (exact) mass is 405 g/mol. The standard InChI is InChI=1S/C19H24ClN5OS/c1-12(21-11-17-18(20)23-19(27-17)24(3)4)16-10-22-25(13(16)2)14-6-8-15(26-5)9-7-14/h6-10,12,21H,11H2,1-5H3/t12-/m1/s1. The van der Waals surface area contributed by atoms with Crippen LogP contribution in [0.1, 0.15) is 29.1 Å². The van der Waals surface area contributed by atoms with E-state index in [0.717, 1.165) is 32.7 Å². The lowest BCUT2D eigenvalue weighted by Gasteiger charge is -2.14. The number of benzene rings is 1. The first-order chi connectivity index (χ1) is 12.9. The molecule has 0 saturated heterocycles. The summed E-state index contributed by atoms with van der Waals surface area (Å²) in [6, 6.07) is 8.01. The second-order valence-electron chi connectivity index (χ2n) is 6.50. The summed E-state index contributed by atoms with van der Waals surface area (Å²) in [5.74, 6) is 0.831. The van der Waals surface area contributed by atoms with Gasteiger partial charge in [0.15, 0.2) is 5.13 Å². The van der Waals surface area contributed by atoms with Gasteiger partial charge in [-0.1, -0.05) is 22.9 Å². The van der Waals surface area contributed by atoms with Crippen LogP contribution in [0.15, 0.2) is 30.5 Å². The molecule has 2 heterocycles. The summed E-state index contributed by atoms with van der Waals surface area (Å²) >= 11 is 7.87. The third-order valence-electron chi connectivity index (χ3n) is 4.42. The molecule has 0 spiro atoms. The molecule has 1 aromatic carbocycles. The number of ether oxygens (including phenoxy) is 1. The average molecular weight is 406 g/mol. The molecule has 6 nitrogen and oxygen atoms in total. The molecule has 0 radical (unpaired) electrons. The Bertz CT molecular complexity index is 903. The Labute approximate surface area is 168 Å². The summed E-state index contributed by atoms with van der Waals surface area (Å²) in [6.07, 6.45) is 1.91. The Kier molecular flexibility index (Phi) is 6.04. The van der Waals surface area contributed by atoms with Crippen LogP contribution in [0.4, 0.5) is 5.13 Å². The number of nitrogens with zero attached hydrogens (tertiary/aromatic N) is 4. The molecule has 144 valence electrons. The summed E-state index contributed by atoms with van der Waals surface area (Å²) in [5, 5.41) is 9.56. The smallest absolute Gasteiger partial charge is 0.186 e. The summed E-state index contributed by atoms with van der Waals surface area (Å²) in [6.45, 7) is 4.87. The number of halogens is 1. The lowest BCUT2D eigenvalue weighted by atomic mass is 10.1. The first kappa shape index (κ1) is 19.7. The van der Waals surface area contributed by atoms with Crippen LogP contribution in [0.2, 0.25) is 5.15 Å². The first-order valence-corrected chi connectivity index (χ1v) is 9.85. The maximum absolute atomic E-state index is 6.26. The van der Waals surface area contributed by atoms with Crippen molar-refractivity contribution in [3.05, 3.63) is 51.7 Å². The van der Waals surface area contributed by atoms with Crippen molar-refractivity contribution in [3.8, 4) is 11.4 Å². The third-order valence-corrected chi connectivity index (χ3v) is 6.07. The van der Waals surface area contributed by atoms with Crippen molar-refractivity contribution >= 4 is 28.1 Å². The van der Waals surface area contributed by atoms with Gasteiger partial charge in [0.2, 0.25) is 0 Å².